The minimum Gasteiger partial charge on any atom is -0.493 e. The van der Waals surface area contributed by atoms with Crippen LogP contribution < -0.4 is 14.8 Å². The Morgan fingerprint density at radius 3 is 2.76 bits per heavy atom. The Morgan fingerprint density at radius 1 is 1.17 bits per heavy atom. The van der Waals surface area contributed by atoms with E-state index in [2.05, 4.69) is 43.7 Å². The topological polar surface area (TPSA) is 74.1 Å². The standard InChI is InChI=1S/C20H23BrClN5O2/c1-3-4-9-27-20(24-25-26-27)23-12-15-10-18(28-2)19(11-16(15)21)29-13-14-7-5-6-8-17(14)22/h5-8,10-11H,3-4,9,12-13H2,1-2H3,(H,23,24,26). The molecule has 0 unspecified atom stereocenters. The van der Waals surface area contributed by atoms with Gasteiger partial charge in [-0.2, -0.15) is 0 Å². The molecule has 3 rings (SSSR count). The van der Waals surface area contributed by atoms with Gasteiger partial charge in [-0.05, 0) is 40.6 Å². The summed E-state index contributed by atoms with van der Waals surface area (Å²) in [5, 5.41) is 15.8. The monoisotopic (exact) mass is 479 g/mol. The number of aromatic nitrogens is 4. The zero-order valence-electron chi connectivity index (χ0n) is 16.4. The molecule has 0 bridgehead atoms. The van der Waals surface area contributed by atoms with Crippen LogP contribution in [0.2, 0.25) is 5.02 Å². The molecule has 0 amide bonds. The van der Waals surface area contributed by atoms with Crippen LogP contribution in [-0.2, 0) is 19.7 Å². The number of anilines is 1. The van der Waals surface area contributed by atoms with Gasteiger partial charge in [0.2, 0.25) is 5.95 Å². The van der Waals surface area contributed by atoms with Gasteiger partial charge in [-0.25, -0.2) is 4.68 Å². The Labute approximate surface area is 183 Å². The lowest BCUT2D eigenvalue weighted by Gasteiger charge is -2.15. The van der Waals surface area contributed by atoms with Crippen LogP contribution >= 0.6 is 27.5 Å². The maximum Gasteiger partial charge on any atom is 0.243 e. The Hall–Kier alpha value is -2.32. The second-order valence-corrected chi connectivity index (χ2v) is 7.67. The summed E-state index contributed by atoms with van der Waals surface area (Å²) in [6.07, 6.45) is 2.10. The van der Waals surface area contributed by atoms with Crippen molar-refractivity contribution < 1.29 is 9.47 Å². The largest absolute Gasteiger partial charge is 0.493 e. The summed E-state index contributed by atoms with van der Waals surface area (Å²) in [5.74, 6) is 1.92. The highest BCUT2D eigenvalue weighted by atomic mass is 79.9. The summed E-state index contributed by atoms with van der Waals surface area (Å²) in [5.41, 5.74) is 1.91. The molecule has 0 aliphatic heterocycles. The molecule has 0 aliphatic carbocycles. The second kappa shape index (κ2) is 10.5. The summed E-state index contributed by atoms with van der Waals surface area (Å²) in [7, 11) is 1.62. The normalized spacial score (nSPS) is 10.8. The van der Waals surface area contributed by atoms with Crippen molar-refractivity contribution in [1.82, 2.24) is 20.2 Å². The summed E-state index contributed by atoms with van der Waals surface area (Å²) >= 11 is 9.82. The molecule has 0 atom stereocenters. The van der Waals surface area contributed by atoms with E-state index in [9.17, 15) is 0 Å². The van der Waals surface area contributed by atoms with E-state index in [0.717, 1.165) is 35.0 Å². The minimum absolute atomic E-state index is 0.353. The third-order valence-corrected chi connectivity index (χ3v) is 5.47. The first kappa shape index (κ1) is 21.4. The molecule has 0 fully saturated rings. The Morgan fingerprint density at radius 2 is 2.00 bits per heavy atom. The van der Waals surface area contributed by atoms with E-state index in [-0.39, 0.29) is 0 Å². The molecule has 2 aromatic carbocycles. The number of hydrogen-bond acceptors (Lipinski definition) is 6. The lowest BCUT2D eigenvalue weighted by Crippen LogP contribution is -2.09. The highest BCUT2D eigenvalue weighted by Crippen LogP contribution is 2.34. The van der Waals surface area contributed by atoms with Crippen LogP contribution in [-0.4, -0.2) is 27.3 Å². The molecule has 3 aromatic rings. The van der Waals surface area contributed by atoms with Crippen molar-refractivity contribution in [3.05, 3.63) is 57.0 Å². The number of aryl methyl sites for hydroxylation is 1. The van der Waals surface area contributed by atoms with E-state index < -0.39 is 0 Å². The number of tetrazole rings is 1. The van der Waals surface area contributed by atoms with Crippen molar-refractivity contribution >= 4 is 33.5 Å². The first-order valence-electron chi connectivity index (χ1n) is 9.35. The maximum absolute atomic E-state index is 6.21. The molecule has 29 heavy (non-hydrogen) atoms. The highest BCUT2D eigenvalue weighted by Gasteiger charge is 2.13. The molecule has 154 valence electrons. The quantitative estimate of drug-likeness (QED) is 0.436. The fraction of sp³-hybridized carbons (Fsp3) is 0.350. The van der Waals surface area contributed by atoms with Gasteiger partial charge in [0.15, 0.2) is 11.5 Å². The smallest absolute Gasteiger partial charge is 0.243 e. The highest BCUT2D eigenvalue weighted by molar-refractivity contribution is 9.10. The van der Waals surface area contributed by atoms with Gasteiger partial charge in [-0.3, -0.25) is 0 Å². The Kier molecular flexibility index (Phi) is 7.71. The van der Waals surface area contributed by atoms with Gasteiger partial charge in [-0.1, -0.05) is 64.2 Å². The van der Waals surface area contributed by atoms with Crippen molar-refractivity contribution in [2.45, 2.75) is 39.5 Å². The SMILES string of the molecule is CCCCn1nnnc1NCc1cc(OC)c(OCc2ccccc2Cl)cc1Br. The van der Waals surface area contributed by atoms with Gasteiger partial charge in [-0.15, -0.1) is 0 Å². The predicted molar refractivity (Wildman–Crippen MR) is 117 cm³/mol. The number of nitrogens with zero attached hydrogens (tertiary/aromatic N) is 4. The first-order chi connectivity index (χ1) is 14.1. The van der Waals surface area contributed by atoms with Gasteiger partial charge in [0.1, 0.15) is 6.61 Å². The number of rotatable bonds is 10. The molecule has 7 nitrogen and oxygen atoms in total. The summed E-state index contributed by atoms with van der Waals surface area (Å²) in [4.78, 5) is 0. The summed E-state index contributed by atoms with van der Waals surface area (Å²) < 4.78 is 14.1. The number of nitrogens with one attached hydrogen (secondary N) is 1. The average molecular weight is 481 g/mol. The van der Waals surface area contributed by atoms with Crippen LogP contribution in [0.15, 0.2) is 40.9 Å². The number of halogens is 2. The van der Waals surface area contributed by atoms with Crippen LogP contribution in [0.3, 0.4) is 0 Å². The summed E-state index contributed by atoms with van der Waals surface area (Å²) in [6, 6.07) is 11.4. The number of benzene rings is 2. The van der Waals surface area contributed by atoms with Crippen molar-refractivity contribution in [1.29, 1.82) is 0 Å². The third-order valence-electron chi connectivity index (χ3n) is 4.37. The van der Waals surface area contributed by atoms with Crippen LogP contribution in [0, 0.1) is 0 Å². The van der Waals surface area contributed by atoms with E-state index in [4.69, 9.17) is 21.1 Å². The zero-order chi connectivity index (χ0) is 20.6. The second-order valence-electron chi connectivity index (χ2n) is 6.41. The van der Waals surface area contributed by atoms with Gasteiger partial charge in [0, 0.05) is 28.1 Å². The van der Waals surface area contributed by atoms with Gasteiger partial charge in [0.05, 0.1) is 7.11 Å². The van der Waals surface area contributed by atoms with Crippen molar-refractivity contribution in [2.75, 3.05) is 12.4 Å². The third kappa shape index (κ3) is 5.61. The lowest BCUT2D eigenvalue weighted by atomic mass is 10.2. The van der Waals surface area contributed by atoms with Crippen LogP contribution in [0.4, 0.5) is 5.95 Å². The van der Waals surface area contributed by atoms with Crippen molar-refractivity contribution in [3.63, 3.8) is 0 Å². The molecule has 0 aliphatic rings. The van der Waals surface area contributed by atoms with E-state index >= 15 is 0 Å². The molecule has 9 heteroatoms. The van der Waals surface area contributed by atoms with Gasteiger partial charge in [0.25, 0.3) is 0 Å². The number of methoxy groups -OCH3 is 1. The first-order valence-corrected chi connectivity index (χ1v) is 10.5. The van der Waals surface area contributed by atoms with E-state index in [1.54, 1.807) is 11.8 Å². The molecule has 0 radical (unpaired) electrons. The Balaban J connectivity index is 1.70. The predicted octanol–water partition coefficient (Wildman–Crippen LogP) is 5.09. The molecular weight excluding hydrogens is 458 g/mol. The summed E-state index contributed by atoms with van der Waals surface area (Å²) in [6.45, 7) is 3.81. The molecule has 0 saturated heterocycles. The maximum atomic E-state index is 6.21. The van der Waals surface area contributed by atoms with Gasteiger partial charge >= 0.3 is 0 Å². The molecule has 0 spiro atoms. The Bertz CT molecular complexity index is 950. The van der Waals surface area contributed by atoms with E-state index in [0.29, 0.717) is 35.6 Å². The van der Waals surface area contributed by atoms with Crippen molar-refractivity contribution in [2.24, 2.45) is 0 Å². The fourth-order valence-electron chi connectivity index (χ4n) is 2.72. The zero-order valence-corrected chi connectivity index (χ0v) is 18.7. The molecule has 0 saturated carbocycles. The molecule has 1 aromatic heterocycles. The van der Waals surface area contributed by atoms with Crippen LogP contribution in [0.5, 0.6) is 11.5 Å². The fourth-order valence-corrected chi connectivity index (χ4v) is 3.37. The lowest BCUT2D eigenvalue weighted by molar-refractivity contribution is 0.284. The van der Waals surface area contributed by atoms with Crippen LogP contribution in [0.1, 0.15) is 30.9 Å². The number of unbranched alkanes of at least 4 members (excludes halogenated alkanes) is 1. The van der Waals surface area contributed by atoms with Gasteiger partial charge < -0.3 is 14.8 Å². The van der Waals surface area contributed by atoms with Crippen LogP contribution in [0.25, 0.3) is 0 Å². The number of ether oxygens (including phenoxy) is 2. The number of hydrogen-bond donors (Lipinski definition) is 1. The molecule has 1 N–H and O–H groups in total. The van der Waals surface area contributed by atoms with E-state index in [1.165, 1.54) is 0 Å². The average Bonchev–Trinajstić information content (AvgIpc) is 3.18. The minimum atomic E-state index is 0.353. The van der Waals surface area contributed by atoms with Crippen molar-refractivity contribution in [3.8, 4) is 11.5 Å². The van der Waals surface area contributed by atoms with E-state index in [1.807, 2.05) is 36.4 Å². The molecule has 1 heterocycles. The molecular formula is C20H23BrClN5O2.